The molecular weight excluding hydrogens is 410 g/mol. The normalized spacial score (nSPS) is 13.9. The SMILES string of the molecule is Cc1cccc(N2CCN(C(=O)c3nnn(-c4ccccc4)c3-c3ccccc3)CC2)c1C. The Bertz CT molecular complexity index is 1260. The number of anilines is 1. The van der Waals surface area contributed by atoms with E-state index >= 15 is 0 Å². The first-order chi connectivity index (χ1) is 16.1. The van der Waals surface area contributed by atoms with Crippen molar-refractivity contribution in [2.75, 3.05) is 31.1 Å². The second-order valence-electron chi connectivity index (χ2n) is 8.40. The average Bonchev–Trinajstić information content (AvgIpc) is 3.32. The van der Waals surface area contributed by atoms with Crippen molar-refractivity contribution >= 4 is 11.6 Å². The standard InChI is InChI=1S/C27H27N5O/c1-20-10-9-15-24(21(20)2)30-16-18-31(19-17-30)27(33)25-26(22-11-5-3-6-12-22)32(29-28-25)23-13-7-4-8-14-23/h3-15H,16-19H2,1-2H3. The summed E-state index contributed by atoms with van der Waals surface area (Å²) < 4.78 is 1.76. The predicted molar refractivity (Wildman–Crippen MR) is 131 cm³/mol. The van der Waals surface area contributed by atoms with Gasteiger partial charge in [-0.2, -0.15) is 0 Å². The fraction of sp³-hybridized carbons (Fsp3) is 0.222. The highest BCUT2D eigenvalue weighted by atomic mass is 16.2. The minimum Gasteiger partial charge on any atom is -0.368 e. The number of rotatable bonds is 4. The van der Waals surface area contributed by atoms with Crippen LogP contribution in [-0.4, -0.2) is 52.0 Å². The molecule has 33 heavy (non-hydrogen) atoms. The molecule has 6 nitrogen and oxygen atoms in total. The van der Waals surface area contributed by atoms with Crippen LogP contribution in [0.25, 0.3) is 16.9 Å². The van der Waals surface area contributed by atoms with Crippen LogP contribution >= 0.6 is 0 Å². The molecule has 1 saturated heterocycles. The van der Waals surface area contributed by atoms with Crippen molar-refractivity contribution in [3.05, 3.63) is 95.7 Å². The van der Waals surface area contributed by atoms with Crippen molar-refractivity contribution < 1.29 is 4.79 Å². The largest absolute Gasteiger partial charge is 0.368 e. The second kappa shape index (κ2) is 8.90. The first-order valence-electron chi connectivity index (χ1n) is 11.3. The monoisotopic (exact) mass is 437 g/mol. The van der Waals surface area contributed by atoms with Crippen molar-refractivity contribution in [2.45, 2.75) is 13.8 Å². The van der Waals surface area contributed by atoms with Gasteiger partial charge < -0.3 is 9.80 Å². The Labute approximate surface area is 194 Å². The molecule has 0 atom stereocenters. The molecule has 1 fully saturated rings. The molecule has 6 heteroatoms. The average molecular weight is 438 g/mol. The molecule has 0 radical (unpaired) electrons. The minimum atomic E-state index is -0.0725. The Morgan fingerprint density at radius 3 is 2.15 bits per heavy atom. The van der Waals surface area contributed by atoms with E-state index in [1.54, 1.807) is 4.68 Å². The van der Waals surface area contributed by atoms with Gasteiger partial charge in [-0.15, -0.1) is 5.10 Å². The summed E-state index contributed by atoms with van der Waals surface area (Å²) in [5, 5.41) is 8.73. The number of aromatic nitrogens is 3. The molecule has 3 aromatic carbocycles. The molecule has 166 valence electrons. The number of hydrogen-bond acceptors (Lipinski definition) is 4. The van der Waals surface area contributed by atoms with Gasteiger partial charge >= 0.3 is 0 Å². The Kier molecular flexibility index (Phi) is 5.65. The van der Waals surface area contributed by atoms with Gasteiger partial charge in [0.25, 0.3) is 5.91 Å². The van der Waals surface area contributed by atoms with Crippen LogP contribution in [0.3, 0.4) is 0 Å². The van der Waals surface area contributed by atoms with Gasteiger partial charge in [-0.05, 0) is 43.2 Å². The number of nitrogens with zero attached hydrogens (tertiary/aromatic N) is 5. The molecule has 1 aromatic heterocycles. The summed E-state index contributed by atoms with van der Waals surface area (Å²) in [6, 6.07) is 26.1. The van der Waals surface area contributed by atoms with Gasteiger partial charge in [0.2, 0.25) is 0 Å². The second-order valence-corrected chi connectivity index (χ2v) is 8.40. The number of aryl methyl sites for hydroxylation is 1. The van der Waals surface area contributed by atoms with Crippen LogP contribution < -0.4 is 4.90 Å². The zero-order valence-electron chi connectivity index (χ0n) is 19.0. The smallest absolute Gasteiger partial charge is 0.276 e. The van der Waals surface area contributed by atoms with Gasteiger partial charge in [-0.3, -0.25) is 4.79 Å². The van der Waals surface area contributed by atoms with Crippen LogP contribution in [0.5, 0.6) is 0 Å². The number of para-hydroxylation sites is 1. The molecule has 4 aromatic rings. The molecule has 0 N–H and O–H groups in total. The fourth-order valence-corrected chi connectivity index (χ4v) is 4.41. The molecule has 0 aliphatic carbocycles. The minimum absolute atomic E-state index is 0.0725. The summed E-state index contributed by atoms with van der Waals surface area (Å²) in [5.74, 6) is -0.0725. The van der Waals surface area contributed by atoms with Crippen molar-refractivity contribution in [2.24, 2.45) is 0 Å². The van der Waals surface area contributed by atoms with Crippen molar-refractivity contribution in [1.29, 1.82) is 0 Å². The number of amides is 1. The Hall–Kier alpha value is -3.93. The third kappa shape index (κ3) is 4.00. The maximum atomic E-state index is 13.6. The van der Waals surface area contributed by atoms with Crippen LogP contribution in [0.4, 0.5) is 5.69 Å². The lowest BCUT2D eigenvalue weighted by Crippen LogP contribution is -2.49. The van der Waals surface area contributed by atoms with E-state index in [1.165, 1.54) is 16.8 Å². The molecule has 1 amide bonds. The van der Waals surface area contributed by atoms with E-state index < -0.39 is 0 Å². The Balaban J connectivity index is 1.43. The summed E-state index contributed by atoms with van der Waals surface area (Å²) in [5.41, 5.74) is 6.76. The first kappa shape index (κ1) is 20.9. The molecule has 0 bridgehead atoms. The number of piperazine rings is 1. The molecule has 1 aliphatic rings. The van der Waals surface area contributed by atoms with E-state index in [1.807, 2.05) is 65.6 Å². The molecule has 1 aliphatic heterocycles. The van der Waals surface area contributed by atoms with Crippen LogP contribution in [0.1, 0.15) is 21.6 Å². The van der Waals surface area contributed by atoms with Crippen LogP contribution in [0.2, 0.25) is 0 Å². The summed E-state index contributed by atoms with van der Waals surface area (Å²) in [6.45, 7) is 7.19. The summed E-state index contributed by atoms with van der Waals surface area (Å²) in [6.07, 6.45) is 0. The Morgan fingerprint density at radius 1 is 0.788 bits per heavy atom. The van der Waals surface area contributed by atoms with E-state index in [-0.39, 0.29) is 5.91 Å². The molecule has 0 unspecified atom stereocenters. The number of hydrogen-bond donors (Lipinski definition) is 0. The van der Waals surface area contributed by atoms with Gasteiger partial charge in [0.05, 0.1) is 5.69 Å². The van der Waals surface area contributed by atoms with E-state index in [9.17, 15) is 4.79 Å². The lowest BCUT2D eigenvalue weighted by molar-refractivity contribution is 0.0741. The maximum Gasteiger partial charge on any atom is 0.276 e. The lowest BCUT2D eigenvalue weighted by Gasteiger charge is -2.36. The summed E-state index contributed by atoms with van der Waals surface area (Å²) >= 11 is 0. The zero-order valence-corrected chi connectivity index (χ0v) is 19.0. The van der Waals surface area contributed by atoms with E-state index in [0.717, 1.165) is 30.0 Å². The topological polar surface area (TPSA) is 54.3 Å². The van der Waals surface area contributed by atoms with Crippen molar-refractivity contribution in [1.82, 2.24) is 19.9 Å². The molecule has 5 rings (SSSR count). The van der Waals surface area contributed by atoms with Crippen LogP contribution in [0.15, 0.2) is 78.9 Å². The van der Waals surface area contributed by atoms with E-state index in [4.69, 9.17) is 0 Å². The van der Waals surface area contributed by atoms with Gasteiger partial charge in [-0.25, -0.2) is 4.68 Å². The quantitative estimate of drug-likeness (QED) is 0.471. The van der Waals surface area contributed by atoms with Gasteiger partial charge in [0.15, 0.2) is 5.69 Å². The lowest BCUT2D eigenvalue weighted by atomic mass is 10.1. The number of carbonyl (C=O) groups is 1. The zero-order chi connectivity index (χ0) is 22.8. The predicted octanol–water partition coefficient (Wildman–Crippen LogP) is 4.51. The van der Waals surface area contributed by atoms with Gasteiger partial charge in [-0.1, -0.05) is 65.9 Å². The third-order valence-corrected chi connectivity index (χ3v) is 6.40. The van der Waals surface area contributed by atoms with E-state index in [2.05, 4.69) is 47.3 Å². The highest BCUT2D eigenvalue weighted by molar-refractivity contribution is 5.98. The van der Waals surface area contributed by atoms with Crippen LogP contribution in [0, 0.1) is 13.8 Å². The highest BCUT2D eigenvalue weighted by Crippen LogP contribution is 2.28. The highest BCUT2D eigenvalue weighted by Gasteiger charge is 2.29. The first-order valence-corrected chi connectivity index (χ1v) is 11.3. The molecular formula is C27H27N5O. The maximum absolute atomic E-state index is 13.6. The third-order valence-electron chi connectivity index (χ3n) is 6.40. The Morgan fingerprint density at radius 2 is 1.45 bits per heavy atom. The van der Waals surface area contributed by atoms with E-state index in [0.29, 0.717) is 18.8 Å². The van der Waals surface area contributed by atoms with Gasteiger partial charge in [0, 0.05) is 37.4 Å². The van der Waals surface area contributed by atoms with Crippen molar-refractivity contribution in [3.63, 3.8) is 0 Å². The molecule has 0 spiro atoms. The van der Waals surface area contributed by atoms with Crippen LogP contribution in [-0.2, 0) is 0 Å². The summed E-state index contributed by atoms with van der Waals surface area (Å²) in [4.78, 5) is 17.9. The number of carbonyl (C=O) groups excluding carboxylic acids is 1. The number of benzene rings is 3. The fourth-order valence-electron chi connectivity index (χ4n) is 4.41. The molecule has 0 saturated carbocycles. The molecule has 2 heterocycles. The summed E-state index contributed by atoms with van der Waals surface area (Å²) in [7, 11) is 0. The van der Waals surface area contributed by atoms with Crippen molar-refractivity contribution in [3.8, 4) is 16.9 Å². The van der Waals surface area contributed by atoms with Gasteiger partial charge in [0.1, 0.15) is 5.69 Å².